The zero-order chi connectivity index (χ0) is 16.7. The average Bonchev–Trinajstić information content (AvgIpc) is 3.01. The van der Waals surface area contributed by atoms with Crippen LogP contribution in [0.4, 0.5) is 0 Å². The van der Waals surface area contributed by atoms with Crippen molar-refractivity contribution >= 4 is 28.4 Å². The van der Waals surface area contributed by atoms with Crippen LogP contribution in [0.5, 0.6) is 0 Å². The molecule has 1 unspecified atom stereocenters. The molecule has 2 amide bonds. The number of hydrogen-bond donors (Lipinski definition) is 2. The van der Waals surface area contributed by atoms with Gasteiger partial charge in [-0.1, -0.05) is 11.6 Å². The molecule has 2 aliphatic rings. The highest BCUT2D eigenvalue weighted by molar-refractivity contribution is 6.14. The quantitative estimate of drug-likeness (QED) is 0.848. The highest BCUT2D eigenvalue weighted by Gasteiger charge is 2.24. The molecule has 4 rings (SSSR count). The van der Waals surface area contributed by atoms with Gasteiger partial charge in [0, 0.05) is 40.4 Å². The molecule has 1 aromatic carbocycles. The molecule has 0 radical (unpaired) electrons. The molecule has 1 aliphatic heterocycles. The third kappa shape index (κ3) is 2.50. The van der Waals surface area contributed by atoms with Crippen molar-refractivity contribution in [3.63, 3.8) is 0 Å². The zero-order valence-electron chi connectivity index (χ0n) is 13.0. The molecule has 0 fully saturated rings. The minimum atomic E-state index is -0.303. The number of hydrogen-bond acceptors (Lipinski definition) is 2. The Morgan fingerprint density at radius 1 is 1.21 bits per heavy atom. The lowest BCUT2D eigenvalue weighted by Gasteiger charge is -2.25. The third-order valence-electron chi connectivity index (χ3n) is 4.25. The van der Waals surface area contributed by atoms with Crippen molar-refractivity contribution < 1.29 is 9.59 Å². The van der Waals surface area contributed by atoms with Gasteiger partial charge in [0.25, 0.3) is 5.91 Å². The lowest BCUT2D eigenvalue weighted by Crippen LogP contribution is -2.32. The fourth-order valence-electron chi connectivity index (χ4n) is 3.02. The number of amides is 2. The summed E-state index contributed by atoms with van der Waals surface area (Å²) in [7, 11) is 0. The molecule has 2 N–H and O–H groups in total. The van der Waals surface area contributed by atoms with Crippen LogP contribution >= 0.6 is 0 Å². The molecule has 1 atom stereocenters. The number of H-pyrrole nitrogens is 1. The van der Waals surface area contributed by atoms with Gasteiger partial charge in [-0.15, -0.1) is 0 Å². The Balaban J connectivity index is 1.64. The summed E-state index contributed by atoms with van der Waals surface area (Å²) in [5.41, 5.74) is 3.79. The lowest BCUT2D eigenvalue weighted by atomic mass is 9.89. The number of aromatic nitrogens is 1. The molecule has 5 nitrogen and oxygen atoms in total. The van der Waals surface area contributed by atoms with E-state index in [9.17, 15) is 9.59 Å². The maximum atomic E-state index is 12.4. The van der Waals surface area contributed by atoms with E-state index < -0.39 is 0 Å². The number of aromatic amines is 1. The van der Waals surface area contributed by atoms with Gasteiger partial charge in [-0.3, -0.25) is 9.59 Å². The van der Waals surface area contributed by atoms with E-state index in [1.807, 2.05) is 43.5 Å². The predicted molar refractivity (Wildman–Crippen MR) is 92.7 cm³/mol. The summed E-state index contributed by atoms with van der Waals surface area (Å²) >= 11 is 0. The van der Waals surface area contributed by atoms with E-state index in [1.54, 1.807) is 18.2 Å². The summed E-state index contributed by atoms with van der Waals surface area (Å²) in [5.74, 6) is -0.399. The Labute approximate surface area is 138 Å². The van der Waals surface area contributed by atoms with Gasteiger partial charge in [0.2, 0.25) is 5.91 Å². The molecule has 1 aromatic heterocycles. The number of nitrogens with zero attached hydrogens (tertiary/aromatic N) is 1. The number of allylic oxidation sites excluding steroid dienone is 3. The van der Waals surface area contributed by atoms with Crippen LogP contribution in [0.3, 0.4) is 0 Å². The molecule has 2 aromatic rings. The Hall–Kier alpha value is -3.21. The molecular weight excluding hydrogens is 302 g/mol. The second-order valence-electron chi connectivity index (χ2n) is 5.94. The molecular formula is C19H15N3O2. The van der Waals surface area contributed by atoms with E-state index >= 15 is 0 Å². The van der Waals surface area contributed by atoms with Gasteiger partial charge in [-0.25, -0.2) is 4.99 Å². The number of rotatable bonds is 1. The molecule has 0 bridgehead atoms. The fourth-order valence-corrected chi connectivity index (χ4v) is 3.02. The minimum Gasteiger partial charge on any atom is -0.361 e. The van der Waals surface area contributed by atoms with Crippen LogP contribution in [0.1, 0.15) is 17.3 Å². The predicted octanol–water partition coefficient (Wildman–Crippen LogP) is 2.90. The molecule has 24 heavy (non-hydrogen) atoms. The largest absolute Gasteiger partial charge is 0.361 e. The summed E-state index contributed by atoms with van der Waals surface area (Å²) in [6.45, 7) is 1.92. The van der Waals surface area contributed by atoms with Crippen LogP contribution in [-0.2, 0) is 4.79 Å². The second-order valence-corrected chi connectivity index (χ2v) is 5.94. The van der Waals surface area contributed by atoms with Gasteiger partial charge < -0.3 is 10.3 Å². The topological polar surface area (TPSA) is 74.3 Å². The van der Waals surface area contributed by atoms with Gasteiger partial charge in [-0.2, -0.15) is 0 Å². The van der Waals surface area contributed by atoms with Gasteiger partial charge in [-0.05, 0) is 43.3 Å². The molecule has 5 heteroatoms. The number of benzene rings is 1. The minimum absolute atomic E-state index is 0.0490. The first-order valence-corrected chi connectivity index (χ1v) is 7.69. The van der Waals surface area contributed by atoms with Crippen molar-refractivity contribution in [2.45, 2.75) is 6.92 Å². The van der Waals surface area contributed by atoms with Crippen molar-refractivity contribution in [2.24, 2.45) is 10.9 Å². The number of aliphatic imine (C=N–C) groups is 1. The Morgan fingerprint density at radius 3 is 2.96 bits per heavy atom. The Morgan fingerprint density at radius 2 is 2.08 bits per heavy atom. The SMILES string of the molecule is CC1=CC(=O)NC2=CC(=NC(=O)c3ccc4[nH]ccc4c3)C=CC12. The first-order chi connectivity index (χ1) is 11.6. The summed E-state index contributed by atoms with van der Waals surface area (Å²) in [6.07, 6.45) is 8.94. The maximum Gasteiger partial charge on any atom is 0.277 e. The van der Waals surface area contributed by atoms with Gasteiger partial charge >= 0.3 is 0 Å². The highest BCUT2D eigenvalue weighted by atomic mass is 16.2. The molecule has 118 valence electrons. The Kier molecular flexibility index (Phi) is 3.27. The summed E-state index contributed by atoms with van der Waals surface area (Å²) in [5, 5.41) is 3.78. The van der Waals surface area contributed by atoms with Gasteiger partial charge in [0.15, 0.2) is 0 Å². The normalized spacial score (nSPS) is 21.3. The first-order valence-electron chi connectivity index (χ1n) is 7.69. The van der Waals surface area contributed by atoms with Crippen molar-refractivity contribution in [3.05, 3.63) is 71.6 Å². The number of carbonyl (C=O) groups excluding carboxylic acids is 2. The van der Waals surface area contributed by atoms with Gasteiger partial charge in [0.05, 0.1) is 5.71 Å². The van der Waals surface area contributed by atoms with Crippen molar-refractivity contribution in [3.8, 4) is 0 Å². The monoisotopic (exact) mass is 317 g/mol. The molecule has 0 saturated carbocycles. The van der Waals surface area contributed by atoms with E-state index in [0.717, 1.165) is 22.2 Å². The molecule has 0 saturated heterocycles. The van der Waals surface area contributed by atoms with Crippen molar-refractivity contribution in [1.29, 1.82) is 0 Å². The smallest absolute Gasteiger partial charge is 0.277 e. The maximum absolute atomic E-state index is 12.4. The fraction of sp³-hybridized carbons (Fsp3) is 0.105. The van der Waals surface area contributed by atoms with E-state index in [-0.39, 0.29) is 17.7 Å². The Bertz CT molecular complexity index is 989. The van der Waals surface area contributed by atoms with Crippen LogP contribution in [-0.4, -0.2) is 22.5 Å². The summed E-state index contributed by atoms with van der Waals surface area (Å²) < 4.78 is 0. The van der Waals surface area contributed by atoms with E-state index in [0.29, 0.717) is 11.3 Å². The van der Waals surface area contributed by atoms with Crippen molar-refractivity contribution in [2.75, 3.05) is 0 Å². The summed E-state index contributed by atoms with van der Waals surface area (Å²) in [4.78, 5) is 31.3. The van der Waals surface area contributed by atoms with E-state index in [2.05, 4.69) is 15.3 Å². The first kappa shape index (κ1) is 14.4. The van der Waals surface area contributed by atoms with E-state index in [1.165, 1.54) is 0 Å². The molecule has 2 heterocycles. The standard InChI is InChI=1S/C19H15N3O2/c1-11-8-18(23)22-17-10-14(3-4-15(11)17)21-19(24)13-2-5-16-12(9-13)6-7-20-16/h2-10,15,20H,1H3,(H,22,23). The number of carbonyl (C=O) groups is 2. The van der Waals surface area contributed by atoms with E-state index in [4.69, 9.17) is 0 Å². The average molecular weight is 317 g/mol. The van der Waals surface area contributed by atoms with Crippen LogP contribution in [0.15, 0.2) is 71.0 Å². The van der Waals surface area contributed by atoms with Crippen LogP contribution in [0, 0.1) is 5.92 Å². The number of fused-ring (bicyclic) bond motifs is 2. The molecule has 1 aliphatic carbocycles. The van der Waals surface area contributed by atoms with Crippen LogP contribution < -0.4 is 5.32 Å². The highest BCUT2D eigenvalue weighted by Crippen LogP contribution is 2.26. The van der Waals surface area contributed by atoms with Crippen LogP contribution in [0.25, 0.3) is 10.9 Å². The van der Waals surface area contributed by atoms with Crippen LogP contribution in [0.2, 0.25) is 0 Å². The third-order valence-corrected chi connectivity index (χ3v) is 4.25. The van der Waals surface area contributed by atoms with Gasteiger partial charge in [0.1, 0.15) is 0 Å². The summed E-state index contributed by atoms with van der Waals surface area (Å²) in [6, 6.07) is 7.35. The lowest BCUT2D eigenvalue weighted by molar-refractivity contribution is -0.116. The zero-order valence-corrected chi connectivity index (χ0v) is 13.0. The number of nitrogens with one attached hydrogen (secondary N) is 2. The molecule has 0 spiro atoms. The van der Waals surface area contributed by atoms with Crippen molar-refractivity contribution in [1.82, 2.24) is 10.3 Å². The second kappa shape index (κ2) is 5.45.